The first-order valence-corrected chi connectivity index (χ1v) is 8.39. The van der Waals surface area contributed by atoms with Crippen molar-refractivity contribution in [2.45, 2.75) is 6.54 Å². The van der Waals surface area contributed by atoms with Crippen LogP contribution in [0.3, 0.4) is 0 Å². The van der Waals surface area contributed by atoms with Crippen molar-refractivity contribution < 1.29 is 4.79 Å². The Labute approximate surface area is 153 Å². The Morgan fingerprint density at radius 3 is 2.31 bits per heavy atom. The van der Waals surface area contributed by atoms with Gasteiger partial charge in [0.1, 0.15) is 0 Å². The summed E-state index contributed by atoms with van der Waals surface area (Å²) in [5.41, 5.74) is 3.24. The standard InChI is InChI=1S/C22H19N3O/c23-15-19-10-7-11-20(14-19)24-16-22(26)25(21-12-5-2-6-13-21)17-18-8-3-1-4-9-18/h1-14,24H,16-17H2. The smallest absolute Gasteiger partial charge is 0.246 e. The third-order valence-corrected chi connectivity index (χ3v) is 3.99. The predicted octanol–water partition coefficient (Wildman–Crippen LogP) is 4.20. The Hall–Kier alpha value is -3.58. The minimum Gasteiger partial charge on any atom is -0.376 e. The van der Waals surface area contributed by atoms with Gasteiger partial charge in [-0.3, -0.25) is 4.79 Å². The van der Waals surface area contributed by atoms with Crippen LogP contribution in [-0.4, -0.2) is 12.5 Å². The second-order valence-corrected chi connectivity index (χ2v) is 5.85. The van der Waals surface area contributed by atoms with Crippen LogP contribution in [0.4, 0.5) is 11.4 Å². The minimum atomic E-state index is -0.0394. The van der Waals surface area contributed by atoms with Crippen LogP contribution in [0.25, 0.3) is 0 Å². The van der Waals surface area contributed by atoms with Crippen molar-refractivity contribution in [3.05, 3.63) is 96.1 Å². The summed E-state index contributed by atoms with van der Waals surface area (Å²) >= 11 is 0. The van der Waals surface area contributed by atoms with Crippen LogP contribution in [0, 0.1) is 11.3 Å². The van der Waals surface area contributed by atoms with E-state index in [1.165, 1.54) is 0 Å². The fourth-order valence-corrected chi connectivity index (χ4v) is 2.67. The lowest BCUT2D eigenvalue weighted by atomic mass is 10.2. The van der Waals surface area contributed by atoms with Crippen LogP contribution < -0.4 is 10.2 Å². The Balaban J connectivity index is 1.75. The number of carbonyl (C=O) groups excluding carboxylic acids is 1. The SMILES string of the molecule is N#Cc1cccc(NCC(=O)N(Cc2ccccc2)c2ccccc2)c1. The summed E-state index contributed by atoms with van der Waals surface area (Å²) in [6, 6.07) is 28.7. The molecule has 0 aliphatic rings. The Morgan fingerprint density at radius 1 is 0.923 bits per heavy atom. The predicted molar refractivity (Wildman–Crippen MR) is 104 cm³/mol. The highest BCUT2D eigenvalue weighted by Crippen LogP contribution is 2.18. The number of carbonyl (C=O) groups is 1. The topological polar surface area (TPSA) is 56.1 Å². The van der Waals surface area contributed by atoms with Gasteiger partial charge in [-0.25, -0.2) is 0 Å². The fraction of sp³-hybridized carbons (Fsp3) is 0.0909. The van der Waals surface area contributed by atoms with Crippen molar-refractivity contribution in [1.82, 2.24) is 0 Å². The van der Waals surface area contributed by atoms with Gasteiger partial charge in [0.15, 0.2) is 0 Å². The van der Waals surface area contributed by atoms with Gasteiger partial charge in [-0.05, 0) is 35.9 Å². The van der Waals surface area contributed by atoms with Gasteiger partial charge in [0.05, 0.1) is 24.7 Å². The summed E-state index contributed by atoms with van der Waals surface area (Å²) in [6.45, 7) is 0.653. The van der Waals surface area contributed by atoms with Crippen molar-refractivity contribution in [1.29, 1.82) is 5.26 Å². The van der Waals surface area contributed by atoms with E-state index in [0.29, 0.717) is 12.1 Å². The lowest BCUT2D eigenvalue weighted by Gasteiger charge is -2.23. The van der Waals surface area contributed by atoms with E-state index in [4.69, 9.17) is 5.26 Å². The number of nitriles is 1. The summed E-state index contributed by atoms with van der Waals surface area (Å²) in [7, 11) is 0. The third-order valence-electron chi connectivity index (χ3n) is 3.99. The van der Waals surface area contributed by atoms with E-state index in [1.54, 1.807) is 23.1 Å². The number of amides is 1. The van der Waals surface area contributed by atoms with E-state index < -0.39 is 0 Å². The van der Waals surface area contributed by atoms with Gasteiger partial charge in [-0.1, -0.05) is 54.6 Å². The van der Waals surface area contributed by atoms with E-state index in [2.05, 4.69) is 11.4 Å². The van der Waals surface area contributed by atoms with E-state index in [0.717, 1.165) is 16.9 Å². The van der Waals surface area contributed by atoms with Crippen molar-refractivity contribution in [3.63, 3.8) is 0 Å². The largest absolute Gasteiger partial charge is 0.376 e. The number of nitrogens with zero attached hydrogens (tertiary/aromatic N) is 2. The zero-order valence-corrected chi connectivity index (χ0v) is 14.3. The number of hydrogen-bond acceptors (Lipinski definition) is 3. The first-order chi connectivity index (χ1) is 12.8. The number of anilines is 2. The Bertz CT molecular complexity index is 901. The zero-order valence-electron chi connectivity index (χ0n) is 14.3. The molecular formula is C22H19N3O. The molecule has 0 aliphatic carbocycles. The van der Waals surface area contributed by atoms with Gasteiger partial charge in [0, 0.05) is 11.4 Å². The average Bonchev–Trinajstić information content (AvgIpc) is 2.72. The molecule has 3 rings (SSSR count). The molecule has 0 aromatic heterocycles. The highest BCUT2D eigenvalue weighted by Gasteiger charge is 2.16. The lowest BCUT2D eigenvalue weighted by molar-refractivity contribution is -0.117. The molecule has 0 spiro atoms. The van der Waals surface area contributed by atoms with Gasteiger partial charge in [-0.2, -0.15) is 5.26 Å². The molecule has 0 saturated carbocycles. The van der Waals surface area contributed by atoms with E-state index in [-0.39, 0.29) is 12.5 Å². The molecular weight excluding hydrogens is 322 g/mol. The normalized spacial score (nSPS) is 9.96. The molecule has 1 N–H and O–H groups in total. The number of rotatable bonds is 6. The van der Waals surface area contributed by atoms with Crippen molar-refractivity contribution >= 4 is 17.3 Å². The molecule has 1 amide bonds. The van der Waals surface area contributed by atoms with Crippen molar-refractivity contribution in [3.8, 4) is 6.07 Å². The molecule has 4 nitrogen and oxygen atoms in total. The maximum absolute atomic E-state index is 12.9. The summed E-state index contributed by atoms with van der Waals surface area (Å²) in [4.78, 5) is 14.6. The average molecular weight is 341 g/mol. The van der Waals surface area contributed by atoms with Crippen molar-refractivity contribution in [2.75, 3.05) is 16.8 Å². The highest BCUT2D eigenvalue weighted by molar-refractivity contribution is 5.96. The van der Waals surface area contributed by atoms with Crippen LogP contribution >= 0.6 is 0 Å². The van der Waals surface area contributed by atoms with Gasteiger partial charge < -0.3 is 10.2 Å². The second kappa shape index (κ2) is 8.50. The van der Waals surface area contributed by atoms with Crippen LogP contribution in [-0.2, 0) is 11.3 Å². The van der Waals surface area contributed by atoms with Gasteiger partial charge in [0.2, 0.25) is 5.91 Å². The van der Waals surface area contributed by atoms with Crippen LogP contribution in [0.15, 0.2) is 84.9 Å². The van der Waals surface area contributed by atoms with E-state index >= 15 is 0 Å². The third kappa shape index (κ3) is 4.49. The zero-order chi connectivity index (χ0) is 18.2. The molecule has 0 aliphatic heterocycles. The lowest BCUT2D eigenvalue weighted by Crippen LogP contribution is -2.35. The molecule has 0 bridgehead atoms. The number of hydrogen-bond donors (Lipinski definition) is 1. The number of para-hydroxylation sites is 1. The molecule has 0 radical (unpaired) electrons. The molecule has 0 atom stereocenters. The van der Waals surface area contributed by atoms with Gasteiger partial charge >= 0.3 is 0 Å². The Morgan fingerprint density at radius 2 is 1.62 bits per heavy atom. The van der Waals surface area contributed by atoms with Crippen LogP contribution in [0.1, 0.15) is 11.1 Å². The van der Waals surface area contributed by atoms with Gasteiger partial charge in [0.25, 0.3) is 0 Å². The Kier molecular flexibility index (Phi) is 5.64. The summed E-state index contributed by atoms with van der Waals surface area (Å²) < 4.78 is 0. The maximum atomic E-state index is 12.9. The molecule has 0 heterocycles. The highest BCUT2D eigenvalue weighted by atomic mass is 16.2. The van der Waals surface area contributed by atoms with E-state index in [9.17, 15) is 4.79 Å². The molecule has 3 aromatic carbocycles. The number of benzene rings is 3. The summed E-state index contributed by atoms with van der Waals surface area (Å²) in [5, 5.41) is 12.1. The minimum absolute atomic E-state index is 0.0394. The van der Waals surface area contributed by atoms with Crippen LogP contribution in [0.2, 0.25) is 0 Å². The molecule has 3 aromatic rings. The molecule has 0 fully saturated rings. The maximum Gasteiger partial charge on any atom is 0.246 e. The fourth-order valence-electron chi connectivity index (χ4n) is 2.67. The first kappa shape index (κ1) is 17.2. The molecule has 26 heavy (non-hydrogen) atoms. The monoisotopic (exact) mass is 341 g/mol. The van der Waals surface area contributed by atoms with Crippen molar-refractivity contribution in [2.24, 2.45) is 0 Å². The van der Waals surface area contributed by atoms with E-state index in [1.807, 2.05) is 66.7 Å². The summed E-state index contributed by atoms with van der Waals surface area (Å²) in [5.74, 6) is -0.0394. The van der Waals surface area contributed by atoms with Crippen LogP contribution in [0.5, 0.6) is 0 Å². The second-order valence-electron chi connectivity index (χ2n) is 5.85. The number of nitrogens with one attached hydrogen (secondary N) is 1. The molecule has 4 heteroatoms. The van der Waals surface area contributed by atoms with Gasteiger partial charge in [-0.15, -0.1) is 0 Å². The first-order valence-electron chi connectivity index (χ1n) is 8.39. The molecule has 128 valence electrons. The quantitative estimate of drug-likeness (QED) is 0.731. The molecule has 0 saturated heterocycles. The summed E-state index contributed by atoms with van der Waals surface area (Å²) in [6.07, 6.45) is 0. The molecule has 0 unspecified atom stereocenters.